The summed E-state index contributed by atoms with van der Waals surface area (Å²) >= 11 is 1.33. The van der Waals surface area contributed by atoms with Crippen molar-refractivity contribution in [3.63, 3.8) is 0 Å². The lowest BCUT2D eigenvalue weighted by Crippen LogP contribution is -2.40. The highest BCUT2D eigenvalue weighted by Gasteiger charge is 2.27. The average molecular weight is 552 g/mol. The third-order valence-corrected chi connectivity index (χ3v) is 7.91. The second-order valence-corrected chi connectivity index (χ2v) is 10.1. The Morgan fingerprint density at radius 1 is 1.18 bits per heavy atom. The van der Waals surface area contributed by atoms with Gasteiger partial charge in [0, 0.05) is 25.0 Å². The summed E-state index contributed by atoms with van der Waals surface area (Å²) in [5.74, 6) is -0.0227. The van der Waals surface area contributed by atoms with Gasteiger partial charge in [-0.3, -0.25) is 9.36 Å². The van der Waals surface area contributed by atoms with Crippen molar-refractivity contribution in [3.05, 3.63) is 85.6 Å². The first-order valence-electron chi connectivity index (χ1n) is 12.6. The number of aryl methyl sites for hydroxylation is 1. The molecule has 1 atom stereocenters. The summed E-state index contributed by atoms with van der Waals surface area (Å²) in [7, 11) is 2.84. The SMILES string of the molecule is COC(=O)c1cc(-n2c(=O)c3c(C)csc3n(C[C@H](OC3CCOCC3)c3ccccc3OC)c2=O)ccn1. The maximum absolute atomic E-state index is 14.1. The zero-order valence-corrected chi connectivity index (χ0v) is 22.7. The molecule has 5 rings (SSSR count). The fourth-order valence-corrected chi connectivity index (χ4v) is 5.87. The fraction of sp³-hybridized carbons (Fsp3) is 0.357. The van der Waals surface area contributed by atoms with Crippen molar-refractivity contribution in [2.45, 2.75) is 38.5 Å². The molecule has 4 heterocycles. The summed E-state index contributed by atoms with van der Waals surface area (Å²) < 4.78 is 25.2. The number of hydrogen-bond donors (Lipinski definition) is 0. The molecule has 1 fully saturated rings. The third-order valence-electron chi connectivity index (χ3n) is 6.80. The number of methoxy groups -OCH3 is 2. The minimum Gasteiger partial charge on any atom is -0.496 e. The standard InChI is InChI=1S/C28H29N3O7S/c1-17-16-39-26-24(17)25(32)31(18-8-11-29-21(14-18)27(33)36-3)28(34)30(26)15-23(38-19-9-12-37-13-10-19)20-6-4-5-7-22(20)35-2/h4-8,11,14,16,19,23H,9-10,12-13,15H2,1-3H3/t23-/m0/s1. The molecule has 0 radical (unpaired) electrons. The Kier molecular flexibility index (Phi) is 7.92. The smallest absolute Gasteiger partial charge is 0.356 e. The fourth-order valence-electron chi connectivity index (χ4n) is 4.82. The molecule has 39 heavy (non-hydrogen) atoms. The molecule has 1 saturated heterocycles. The van der Waals surface area contributed by atoms with E-state index in [0.717, 1.165) is 28.5 Å². The molecule has 0 amide bonds. The molecule has 0 bridgehead atoms. The maximum Gasteiger partial charge on any atom is 0.356 e. The Morgan fingerprint density at radius 2 is 1.95 bits per heavy atom. The van der Waals surface area contributed by atoms with Gasteiger partial charge in [-0.25, -0.2) is 19.1 Å². The predicted octanol–water partition coefficient (Wildman–Crippen LogP) is 3.65. The topological polar surface area (TPSA) is 111 Å². The average Bonchev–Trinajstić information content (AvgIpc) is 3.36. The molecule has 4 aromatic rings. The van der Waals surface area contributed by atoms with Gasteiger partial charge >= 0.3 is 11.7 Å². The van der Waals surface area contributed by atoms with Crippen LogP contribution in [0.3, 0.4) is 0 Å². The van der Waals surface area contributed by atoms with Gasteiger partial charge in [0.05, 0.1) is 37.9 Å². The van der Waals surface area contributed by atoms with Crippen molar-refractivity contribution in [2.24, 2.45) is 0 Å². The largest absolute Gasteiger partial charge is 0.496 e. The van der Waals surface area contributed by atoms with Gasteiger partial charge in [-0.05, 0) is 48.9 Å². The van der Waals surface area contributed by atoms with E-state index in [1.807, 2.05) is 36.6 Å². The van der Waals surface area contributed by atoms with Gasteiger partial charge in [0.1, 0.15) is 22.4 Å². The summed E-state index contributed by atoms with van der Waals surface area (Å²) in [5.41, 5.74) is 0.752. The summed E-state index contributed by atoms with van der Waals surface area (Å²) in [5, 5.41) is 2.29. The van der Waals surface area contributed by atoms with Crippen LogP contribution >= 0.6 is 11.3 Å². The number of benzene rings is 1. The number of aromatic nitrogens is 3. The molecule has 10 nitrogen and oxygen atoms in total. The van der Waals surface area contributed by atoms with Crippen LogP contribution in [0.25, 0.3) is 15.9 Å². The van der Waals surface area contributed by atoms with E-state index in [-0.39, 0.29) is 24.0 Å². The van der Waals surface area contributed by atoms with E-state index in [9.17, 15) is 14.4 Å². The summed E-state index contributed by atoms with van der Waals surface area (Å²) in [6.07, 6.45) is 2.25. The van der Waals surface area contributed by atoms with Crippen LogP contribution in [0.4, 0.5) is 0 Å². The van der Waals surface area contributed by atoms with E-state index >= 15 is 0 Å². The molecule has 3 aromatic heterocycles. The lowest BCUT2D eigenvalue weighted by atomic mass is 10.1. The van der Waals surface area contributed by atoms with Crippen molar-refractivity contribution in [1.82, 2.24) is 14.1 Å². The van der Waals surface area contributed by atoms with Crippen LogP contribution in [0.1, 0.15) is 40.6 Å². The Bertz CT molecular complexity index is 1620. The molecule has 1 aliphatic heterocycles. The zero-order chi connectivity index (χ0) is 27.5. The molecule has 1 aromatic carbocycles. The Hall–Kier alpha value is -3.80. The van der Waals surface area contributed by atoms with Gasteiger partial charge in [-0.2, -0.15) is 0 Å². The molecule has 0 saturated carbocycles. The summed E-state index contributed by atoms with van der Waals surface area (Å²) in [6, 6.07) is 10.5. The van der Waals surface area contributed by atoms with Crippen molar-refractivity contribution >= 4 is 27.5 Å². The number of fused-ring (bicyclic) bond motifs is 1. The lowest BCUT2D eigenvalue weighted by Gasteiger charge is -2.29. The van der Waals surface area contributed by atoms with Crippen molar-refractivity contribution in [2.75, 3.05) is 27.4 Å². The lowest BCUT2D eigenvalue weighted by molar-refractivity contribution is -0.0752. The summed E-state index contributed by atoms with van der Waals surface area (Å²) in [4.78, 5) is 44.4. The van der Waals surface area contributed by atoms with Crippen LogP contribution in [0, 0.1) is 6.92 Å². The van der Waals surface area contributed by atoms with Crippen LogP contribution < -0.4 is 16.0 Å². The van der Waals surface area contributed by atoms with Crippen LogP contribution in [0.2, 0.25) is 0 Å². The molecule has 0 aliphatic carbocycles. The second kappa shape index (κ2) is 11.5. The molecule has 0 spiro atoms. The molecule has 204 valence electrons. The van der Waals surface area contributed by atoms with Crippen molar-refractivity contribution in [3.8, 4) is 11.4 Å². The van der Waals surface area contributed by atoms with Gasteiger partial charge < -0.3 is 18.9 Å². The molecule has 1 aliphatic rings. The number of thiophene rings is 1. The summed E-state index contributed by atoms with van der Waals surface area (Å²) in [6.45, 7) is 3.18. The highest BCUT2D eigenvalue weighted by molar-refractivity contribution is 7.17. The number of carbonyl (C=O) groups excluding carboxylic acids is 1. The quantitative estimate of drug-likeness (QED) is 0.305. The van der Waals surface area contributed by atoms with Crippen LogP contribution in [0.5, 0.6) is 5.75 Å². The Morgan fingerprint density at radius 3 is 2.69 bits per heavy atom. The first-order chi connectivity index (χ1) is 18.9. The third kappa shape index (κ3) is 5.25. The van der Waals surface area contributed by atoms with Gasteiger partial charge in [-0.1, -0.05) is 18.2 Å². The first kappa shape index (κ1) is 26.8. The highest BCUT2D eigenvalue weighted by Crippen LogP contribution is 2.33. The molecular weight excluding hydrogens is 522 g/mol. The zero-order valence-electron chi connectivity index (χ0n) is 21.9. The van der Waals surface area contributed by atoms with E-state index in [1.54, 1.807) is 11.7 Å². The number of rotatable bonds is 8. The number of hydrogen-bond acceptors (Lipinski definition) is 9. The van der Waals surface area contributed by atoms with Gasteiger partial charge in [0.15, 0.2) is 0 Å². The van der Waals surface area contributed by atoms with E-state index in [0.29, 0.717) is 29.2 Å². The van der Waals surface area contributed by atoms with Crippen molar-refractivity contribution in [1.29, 1.82) is 0 Å². The van der Waals surface area contributed by atoms with E-state index in [2.05, 4.69) is 4.98 Å². The number of pyridine rings is 1. The molecular formula is C28H29N3O7S. The predicted molar refractivity (Wildman–Crippen MR) is 146 cm³/mol. The number of nitrogens with zero attached hydrogens (tertiary/aromatic N) is 3. The van der Waals surface area contributed by atoms with Gasteiger partial charge in [0.2, 0.25) is 0 Å². The second-order valence-electron chi connectivity index (χ2n) is 9.20. The molecule has 0 N–H and O–H groups in total. The number of ether oxygens (including phenoxy) is 4. The minimum atomic E-state index is -0.667. The highest BCUT2D eigenvalue weighted by atomic mass is 32.1. The van der Waals surface area contributed by atoms with E-state index < -0.39 is 23.3 Å². The first-order valence-corrected chi connectivity index (χ1v) is 13.5. The minimum absolute atomic E-state index is 0.00950. The number of para-hydroxylation sites is 1. The Labute approximate surface area is 228 Å². The van der Waals surface area contributed by atoms with Crippen molar-refractivity contribution < 1.29 is 23.7 Å². The van der Waals surface area contributed by atoms with Crippen LogP contribution in [-0.4, -0.2) is 53.6 Å². The molecule has 0 unspecified atom stereocenters. The van der Waals surface area contributed by atoms with Crippen LogP contribution in [0.15, 0.2) is 57.6 Å². The Balaban J connectivity index is 1.68. The van der Waals surface area contributed by atoms with Gasteiger partial charge in [0.25, 0.3) is 5.56 Å². The van der Waals surface area contributed by atoms with E-state index in [1.165, 1.54) is 36.8 Å². The molecule has 11 heteroatoms. The van der Waals surface area contributed by atoms with Gasteiger partial charge in [-0.15, -0.1) is 11.3 Å². The monoisotopic (exact) mass is 551 g/mol. The van der Waals surface area contributed by atoms with Crippen LogP contribution in [-0.2, 0) is 20.8 Å². The maximum atomic E-state index is 14.1. The number of esters is 1. The van der Waals surface area contributed by atoms with E-state index in [4.69, 9.17) is 18.9 Å². The number of carbonyl (C=O) groups is 1. The normalized spacial score (nSPS) is 14.8.